The largest absolute Gasteiger partial charge is 0.478 e. The third-order valence-electron chi connectivity index (χ3n) is 3.59. The maximum absolute atomic E-state index is 11.5. The molecule has 0 unspecified atom stereocenters. The van der Waals surface area contributed by atoms with Crippen LogP contribution in [0.5, 0.6) is 5.75 Å². The Bertz CT molecular complexity index is 812. The summed E-state index contributed by atoms with van der Waals surface area (Å²) in [6.07, 6.45) is 2.37. The van der Waals surface area contributed by atoms with Crippen molar-refractivity contribution in [2.75, 3.05) is 0 Å². The number of aliphatic carboxylic acids is 1. The number of carbonyl (C=O) groups excluding carboxylic acids is 1. The van der Waals surface area contributed by atoms with Gasteiger partial charge in [0.1, 0.15) is 5.75 Å². The number of esters is 1. The first-order chi connectivity index (χ1) is 11.8. The van der Waals surface area contributed by atoms with Crippen molar-refractivity contribution in [3.05, 3.63) is 82.9 Å². The minimum Gasteiger partial charge on any atom is -0.478 e. The third kappa shape index (κ3) is 5.46. The number of carboxylic acids is 1. The summed E-state index contributed by atoms with van der Waals surface area (Å²) in [5.41, 5.74) is 3.70. The van der Waals surface area contributed by atoms with Crippen LogP contribution in [0.4, 0.5) is 0 Å². The van der Waals surface area contributed by atoms with Crippen molar-refractivity contribution in [2.24, 2.45) is 0 Å². The van der Waals surface area contributed by atoms with E-state index in [1.165, 1.54) is 0 Å². The summed E-state index contributed by atoms with van der Waals surface area (Å²) in [4.78, 5) is 22.3. The minimum atomic E-state index is -0.920. The van der Waals surface area contributed by atoms with E-state index < -0.39 is 11.9 Å². The van der Waals surface area contributed by atoms with Crippen molar-refractivity contribution in [1.29, 1.82) is 0 Å². The number of benzene rings is 2. The molecule has 2 aromatic rings. The summed E-state index contributed by atoms with van der Waals surface area (Å²) in [5, 5.41) is 8.90. The highest BCUT2D eigenvalue weighted by Crippen LogP contribution is 2.17. The van der Waals surface area contributed by atoms with Crippen LogP contribution in [0.25, 0.3) is 6.08 Å². The number of carboxylic acid groups (broad SMARTS) is 1. The molecular formula is C21H20O4. The van der Waals surface area contributed by atoms with Gasteiger partial charge in [0.25, 0.3) is 0 Å². The normalized spacial score (nSPS) is 11.0. The van der Waals surface area contributed by atoms with Crippen molar-refractivity contribution in [3.8, 4) is 5.75 Å². The Balaban J connectivity index is 2.02. The Hall–Kier alpha value is -3.14. The molecule has 0 bridgehead atoms. The van der Waals surface area contributed by atoms with Crippen molar-refractivity contribution in [1.82, 2.24) is 0 Å². The first kappa shape index (κ1) is 18.2. The minimum absolute atomic E-state index is 0.299. The molecule has 0 aliphatic heterocycles. The summed E-state index contributed by atoms with van der Waals surface area (Å²) in [6, 6.07) is 15.0. The zero-order valence-corrected chi connectivity index (χ0v) is 14.3. The predicted octanol–water partition coefficient (Wildman–Crippen LogP) is 4.25. The van der Waals surface area contributed by atoms with Crippen LogP contribution in [0.3, 0.4) is 0 Å². The highest BCUT2D eigenvalue weighted by Gasteiger charge is 2.05. The molecule has 2 rings (SSSR count). The molecule has 0 heterocycles. The maximum atomic E-state index is 11.5. The van der Waals surface area contributed by atoms with Gasteiger partial charge in [0.05, 0.1) is 0 Å². The van der Waals surface area contributed by atoms with Gasteiger partial charge in [0, 0.05) is 11.1 Å². The van der Waals surface area contributed by atoms with Gasteiger partial charge in [-0.25, -0.2) is 9.59 Å². The van der Waals surface area contributed by atoms with Gasteiger partial charge >= 0.3 is 11.9 Å². The molecule has 1 N–H and O–H groups in total. The SMILES string of the molecule is C=C(C)C(=O)Oc1ccc(Cc2ccc(C=C(C)C(=O)O)cc2)cc1. The second-order valence-corrected chi connectivity index (χ2v) is 5.86. The summed E-state index contributed by atoms with van der Waals surface area (Å²) >= 11 is 0. The van der Waals surface area contributed by atoms with Gasteiger partial charge in [-0.05, 0) is 55.2 Å². The average molecular weight is 336 g/mol. The van der Waals surface area contributed by atoms with Gasteiger partial charge in [-0.3, -0.25) is 0 Å². The Morgan fingerprint density at radius 1 is 1.00 bits per heavy atom. The summed E-state index contributed by atoms with van der Waals surface area (Å²) in [7, 11) is 0. The molecule has 0 atom stereocenters. The van der Waals surface area contributed by atoms with Crippen LogP contribution >= 0.6 is 0 Å². The molecular weight excluding hydrogens is 316 g/mol. The summed E-state index contributed by atoms with van der Waals surface area (Å²) < 4.78 is 5.16. The van der Waals surface area contributed by atoms with Crippen molar-refractivity contribution in [3.63, 3.8) is 0 Å². The van der Waals surface area contributed by atoms with Crippen LogP contribution in [-0.4, -0.2) is 17.0 Å². The predicted molar refractivity (Wildman–Crippen MR) is 97.4 cm³/mol. The van der Waals surface area contributed by atoms with E-state index in [-0.39, 0.29) is 0 Å². The van der Waals surface area contributed by atoms with E-state index in [0.717, 1.165) is 23.1 Å². The summed E-state index contributed by atoms with van der Waals surface area (Å²) in [6.45, 7) is 6.72. The Kier molecular flexibility index (Phi) is 5.90. The van der Waals surface area contributed by atoms with Crippen LogP contribution < -0.4 is 4.74 Å². The first-order valence-electron chi connectivity index (χ1n) is 7.82. The van der Waals surface area contributed by atoms with Crippen LogP contribution in [0.1, 0.15) is 30.5 Å². The number of carbonyl (C=O) groups is 2. The number of hydrogen-bond donors (Lipinski definition) is 1. The smallest absolute Gasteiger partial charge is 0.338 e. The molecule has 0 aliphatic rings. The quantitative estimate of drug-likeness (QED) is 0.487. The van der Waals surface area contributed by atoms with Crippen LogP contribution in [0, 0.1) is 0 Å². The first-order valence-corrected chi connectivity index (χ1v) is 7.82. The molecule has 0 aromatic heterocycles. The highest BCUT2D eigenvalue weighted by atomic mass is 16.5. The van der Waals surface area contributed by atoms with Crippen LogP contribution in [0.15, 0.2) is 66.3 Å². The molecule has 0 aliphatic carbocycles. The fourth-order valence-corrected chi connectivity index (χ4v) is 2.15. The van der Waals surface area contributed by atoms with Gasteiger partial charge in [-0.2, -0.15) is 0 Å². The molecule has 25 heavy (non-hydrogen) atoms. The van der Waals surface area contributed by atoms with Crippen molar-refractivity contribution < 1.29 is 19.4 Å². The second-order valence-electron chi connectivity index (χ2n) is 5.86. The number of rotatable bonds is 6. The standard InChI is InChI=1S/C21H20O4/c1-14(2)21(24)25-19-10-8-18(9-11-19)13-17-6-4-16(5-7-17)12-15(3)20(22)23/h4-12H,1,13H2,2-3H3,(H,22,23). The molecule has 128 valence electrons. The lowest BCUT2D eigenvalue weighted by Crippen LogP contribution is -2.08. The monoisotopic (exact) mass is 336 g/mol. The van der Waals surface area contributed by atoms with E-state index in [0.29, 0.717) is 16.9 Å². The number of ether oxygens (including phenoxy) is 1. The van der Waals surface area contributed by atoms with Gasteiger partial charge in [-0.15, -0.1) is 0 Å². The van der Waals surface area contributed by atoms with Gasteiger partial charge in [0.15, 0.2) is 0 Å². The van der Waals surface area contributed by atoms with Gasteiger partial charge < -0.3 is 9.84 Å². The fourth-order valence-electron chi connectivity index (χ4n) is 2.15. The molecule has 4 heteroatoms. The molecule has 0 spiro atoms. The topological polar surface area (TPSA) is 63.6 Å². The fraction of sp³-hybridized carbons (Fsp3) is 0.143. The molecule has 0 radical (unpaired) electrons. The molecule has 4 nitrogen and oxygen atoms in total. The molecule has 0 amide bonds. The van der Waals surface area contributed by atoms with E-state index in [4.69, 9.17) is 9.84 Å². The molecule has 0 fully saturated rings. The lowest BCUT2D eigenvalue weighted by molar-refractivity contribution is -0.132. The van der Waals surface area contributed by atoms with Gasteiger partial charge in [-0.1, -0.05) is 43.0 Å². The second kappa shape index (κ2) is 8.11. The van der Waals surface area contributed by atoms with Crippen LogP contribution in [0.2, 0.25) is 0 Å². The molecule has 2 aromatic carbocycles. The lowest BCUT2D eigenvalue weighted by Gasteiger charge is -2.06. The summed E-state index contributed by atoms with van der Waals surface area (Å²) in [5.74, 6) is -0.869. The van der Waals surface area contributed by atoms with E-state index in [1.54, 1.807) is 32.1 Å². The molecule has 0 saturated carbocycles. The maximum Gasteiger partial charge on any atom is 0.338 e. The van der Waals surface area contributed by atoms with Gasteiger partial charge in [0.2, 0.25) is 0 Å². The Morgan fingerprint density at radius 2 is 1.52 bits per heavy atom. The lowest BCUT2D eigenvalue weighted by atomic mass is 10.0. The van der Waals surface area contributed by atoms with E-state index in [9.17, 15) is 9.59 Å². The van der Waals surface area contributed by atoms with Crippen molar-refractivity contribution in [2.45, 2.75) is 20.3 Å². The zero-order valence-electron chi connectivity index (χ0n) is 14.3. The highest BCUT2D eigenvalue weighted by molar-refractivity contribution is 5.91. The molecule has 0 saturated heterocycles. The Labute approximate surface area is 147 Å². The Morgan fingerprint density at radius 3 is 2.00 bits per heavy atom. The third-order valence-corrected chi connectivity index (χ3v) is 3.59. The van der Waals surface area contributed by atoms with E-state index >= 15 is 0 Å². The number of hydrogen-bond acceptors (Lipinski definition) is 3. The van der Waals surface area contributed by atoms with Crippen molar-refractivity contribution >= 4 is 18.0 Å². The zero-order chi connectivity index (χ0) is 18.4. The van der Waals surface area contributed by atoms with Crippen LogP contribution in [-0.2, 0) is 16.0 Å². The van der Waals surface area contributed by atoms with E-state index in [1.807, 2.05) is 36.4 Å². The van der Waals surface area contributed by atoms with E-state index in [2.05, 4.69) is 6.58 Å². The average Bonchev–Trinajstić information content (AvgIpc) is 2.58.